The van der Waals surface area contributed by atoms with Crippen molar-refractivity contribution in [2.75, 3.05) is 0 Å². The largest absolute Gasteiger partial charge is 0.455 e. The number of nitrogens with zero attached hydrogens (tertiary/aromatic N) is 1. The SMILES string of the molecule is CC1=NC2c3c(oc(C(=O)NC4CC4)c3C)CCC2S1. The normalized spacial score (nSPS) is 27.8. The number of hydrogen-bond acceptors (Lipinski definition) is 4. The van der Waals surface area contributed by atoms with Crippen molar-refractivity contribution < 1.29 is 9.21 Å². The van der Waals surface area contributed by atoms with E-state index in [9.17, 15) is 4.79 Å². The second kappa shape index (κ2) is 4.38. The molecule has 2 aliphatic carbocycles. The van der Waals surface area contributed by atoms with Gasteiger partial charge in [0, 0.05) is 28.8 Å². The highest BCUT2D eigenvalue weighted by Crippen LogP contribution is 2.47. The molecule has 1 aromatic heterocycles. The fourth-order valence-electron chi connectivity index (χ4n) is 3.19. The Labute approximate surface area is 122 Å². The lowest BCUT2D eigenvalue weighted by Crippen LogP contribution is -2.25. The molecule has 20 heavy (non-hydrogen) atoms. The molecule has 1 amide bonds. The third-order valence-electron chi connectivity index (χ3n) is 4.34. The van der Waals surface area contributed by atoms with Gasteiger partial charge in [-0.05, 0) is 33.1 Å². The van der Waals surface area contributed by atoms with E-state index in [-0.39, 0.29) is 11.9 Å². The van der Waals surface area contributed by atoms with Crippen LogP contribution < -0.4 is 5.32 Å². The second-order valence-electron chi connectivity index (χ2n) is 5.93. The molecule has 0 saturated heterocycles. The lowest BCUT2D eigenvalue weighted by Gasteiger charge is -2.22. The predicted molar refractivity (Wildman–Crippen MR) is 79.5 cm³/mol. The Kier molecular flexibility index (Phi) is 2.74. The fourth-order valence-corrected chi connectivity index (χ4v) is 4.36. The summed E-state index contributed by atoms with van der Waals surface area (Å²) in [6.07, 6.45) is 4.19. The summed E-state index contributed by atoms with van der Waals surface area (Å²) in [4.78, 5) is 17.0. The van der Waals surface area contributed by atoms with Crippen molar-refractivity contribution in [2.24, 2.45) is 4.99 Å². The highest BCUT2D eigenvalue weighted by molar-refractivity contribution is 8.14. The molecular formula is C15H18N2O2S. The topological polar surface area (TPSA) is 54.6 Å². The van der Waals surface area contributed by atoms with E-state index in [1.165, 1.54) is 5.56 Å². The number of hydrogen-bond donors (Lipinski definition) is 1. The molecule has 4 rings (SSSR count). The smallest absolute Gasteiger partial charge is 0.287 e. The van der Waals surface area contributed by atoms with E-state index >= 15 is 0 Å². The minimum absolute atomic E-state index is 0.0534. The Balaban J connectivity index is 1.70. The number of aryl methyl sites for hydroxylation is 1. The van der Waals surface area contributed by atoms with Crippen molar-refractivity contribution in [3.05, 3.63) is 22.6 Å². The van der Waals surface area contributed by atoms with Crippen molar-refractivity contribution in [1.29, 1.82) is 0 Å². The minimum atomic E-state index is -0.0534. The number of nitrogens with one attached hydrogen (secondary N) is 1. The maximum absolute atomic E-state index is 12.2. The number of fused-ring (bicyclic) bond motifs is 3. The zero-order chi connectivity index (χ0) is 13.9. The molecule has 2 atom stereocenters. The van der Waals surface area contributed by atoms with Gasteiger partial charge in [0.15, 0.2) is 5.76 Å². The van der Waals surface area contributed by atoms with Crippen LogP contribution in [-0.4, -0.2) is 22.2 Å². The van der Waals surface area contributed by atoms with Crippen molar-refractivity contribution in [2.45, 2.75) is 56.9 Å². The quantitative estimate of drug-likeness (QED) is 0.911. The number of amides is 1. The first kappa shape index (κ1) is 12.5. The molecule has 2 heterocycles. The average molecular weight is 290 g/mol. The van der Waals surface area contributed by atoms with E-state index < -0.39 is 0 Å². The molecule has 0 radical (unpaired) electrons. The molecule has 2 unspecified atom stereocenters. The third kappa shape index (κ3) is 1.91. The van der Waals surface area contributed by atoms with Gasteiger partial charge >= 0.3 is 0 Å². The molecule has 5 heteroatoms. The molecular weight excluding hydrogens is 272 g/mol. The Morgan fingerprint density at radius 2 is 2.15 bits per heavy atom. The van der Waals surface area contributed by atoms with Crippen LogP contribution in [0.4, 0.5) is 0 Å². The number of rotatable bonds is 2. The van der Waals surface area contributed by atoms with Crippen LogP contribution in [0.3, 0.4) is 0 Å². The van der Waals surface area contributed by atoms with Crippen LogP contribution >= 0.6 is 11.8 Å². The zero-order valence-electron chi connectivity index (χ0n) is 11.7. The molecule has 0 spiro atoms. The van der Waals surface area contributed by atoms with Crippen LogP contribution in [0.15, 0.2) is 9.41 Å². The van der Waals surface area contributed by atoms with E-state index in [4.69, 9.17) is 9.41 Å². The molecule has 106 valence electrons. The van der Waals surface area contributed by atoms with Gasteiger partial charge in [-0.15, -0.1) is 11.8 Å². The standard InChI is InChI=1S/C15H18N2O2S/c1-7-12-10(5-6-11-13(12)16-8(2)20-11)19-14(7)15(18)17-9-3-4-9/h9,11,13H,3-6H2,1-2H3,(H,17,18). The number of aliphatic imine (C=N–C) groups is 1. The first-order valence-corrected chi connectivity index (χ1v) is 8.15. The van der Waals surface area contributed by atoms with E-state index in [1.807, 2.05) is 18.7 Å². The van der Waals surface area contributed by atoms with Crippen molar-refractivity contribution >= 4 is 22.7 Å². The van der Waals surface area contributed by atoms with Gasteiger partial charge < -0.3 is 9.73 Å². The summed E-state index contributed by atoms with van der Waals surface area (Å²) >= 11 is 1.87. The van der Waals surface area contributed by atoms with Crippen molar-refractivity contribution in [1.82, 2.24) is 5.32 Å². The minimum Gasteiger partial charge on any atom is -0.455 e. The molecule has 1 aliphatic heterocycles. The fraction of sp³-hybridized carbons (Fsp3) is 0.600. The number of carbonyl (C=O) groups excluding carboxylic acids is 1. The molecule has 1 fully saturated rings. The molecule has 0 aromatic carbocycles. The maximum Gasteiger partial charge on any atom is 0.287 e. The molecule has 1 N–H and O–H groups in total. The number of thioether (sulfide) groups is 1. The van der Waals surface area contributed by atoms with Gasteiger partial charge in [0.05, 0.1) is 11.1 Å². The molecule has 4 nitrogen and oxygen atoms in total. The van der Waals surface area contributed by atoms with Gasteiger partial charge in [-0.2, -0.15) is 0 Å². The zero-order valence-corrected chi connectivity index (χ0v) is 12.5. The maximum atomic E-state index is 12.2. The average Bonchev–Trinajstić information content (AvgIpc) is 3.03. The molecule has 3 aliphatic rings. The summed E-state index contributed by atoms with van der Waals surface area (Å²) in [6.45, 7) is 4.07. The van der Waals surface area contributed by atoms with Crippen LogP contribution in [0.25, 0.3) is 0 Å². The van der Waals surface area contributed by atoms with Crippen LogP contribution in [0.1, 0.15) is 59.7 Å². The third-order valence-corrected chi connectivity index (χ3v) is 5.58. The Morgan fingerprint density at radius 1 is 1.35 bits per heavy atom. The monoisotopic (exact) mass is 290 g/mol. The summed E-state index contributed by atoms with van der Waals surface area (Å²) in [5, 5.41) is 4.69. The van der Waals surface area contributed by atoms with Gasteiger partial charge in [0.2, 0.25) is 0 Å². The first-order valence-electron chi connectivity index (χ1n) is 7.27. The Bertz CT molecular complexity index is 616. The summed E-state index contributed by atoms with van der Waals surface area (Å²) in [6, 6.07) is 0.550. The summed E-state index contributed by atoms with van der Waals surface area (Å²) in [5.41, 5.74) is 2.17. The predicted octanol–water partition coefficient (Wildman–Crippen LogP) is 3.00. The van der Waals surface area contributed by atoms with Crippen molar-refractivity contribution in [3.63, 3.8) is 0 Å². The van der Waals surface area contributed by atoms with Gasteiger partial charge in [-0.1, -0.05) is 0 Å². The van der Waals surface area contributed by atoms with Gasteiger partial charge in [-0.25, -0.2) is 0 Å². The van der Waals surface area contributed by atoms with Crippen LogP contribution in [0.2, 0.25) is 0 Å². The molecule has 1 saturated carbocycles. The van der Waals surface area contributed by atoms with Crippen molar-refractivity contribution in [3.8, 4) is 0 Å². The number of carbonyl (C=O) groups is 1. The van der Waals surface area contributed by atoms with E-state index in [0.717, 1.165) is 42.1 Å². The molecule has 0 bridgehead atoms. The van der Waals surface area contributed by atoms with Crippen LogP contribution in [-0.2, 0) is 6.42 Å². The first-order chi connectivity index (χ1) is 9.63. The van der Waals surface area contributed by atoms with E-state index in [1.54, 1.807) is 0 Å². The summed E-state index contributed by atoms with van der Waals surface area (Å²) in [7, 11) is 0. The second-order valence-corrected chi connectivity index (χ2v) is 7.36. The van der Waals surface area contributed by atoms with Gasteiger partial charge in [0.1, 0.15) is 5.76 Å². The van der Waals surface area contributed by atoms with Gasteiger partial charge in [-0.3, -0.25) is 9.79 Å². The van der Waals surface area contributed by atoms with E-state index in [2.05, 4.69) is 12.2 Å². The van der Waals surface area contributed by atoms with E-state index in [0.29, 0.717) is 17.1 Å². The lowest BCUT2D eigenvalue weighted by atomic mass is 9.90. The lowest BCUT2D eigenvalue weighted by molar-refractivity contribution is 0.0920. The molecule has 1 aromatic rings. The van der Waals surface area contributed by atoms with Crippen LogP contribution in [0.5, 0.6) is 0 Å². The summed E-state index contributed by atoms with van der Waals surface area (Å²) in [5.74, 6) is 1.43. The highest BCUT2D eigenvalue weighted by atomic mass is 32.2. The number of furan rings is 1. The Hall–Kier alpha value is -1.23. The highest BCUT2D eigenvalue weighted by Gasteiger charge is 2.39. The van der Waals surface area contributed by atoms with Gasteiger partial charge in [0.25, 0.3) is 5.91 Å². The summed E-state index contributed by atoms with van der Waals surface area (Å²) < 4.78 is 5.88. The Morgan fingerprint density at radius 3 is 2.90 bits per heavy atom. The van der Waals surface area contributed by atoms with Crippen LogP contribution in [0, 0.1) is 6.92 Å².